The van der Waals surface area contributed by atoms with E-state index in [2.05, 4.69) is 66.8 Å². The summed E-state index contributed by atoms with van der Waals surface area (Å²) in [6.45, 7) is 4.69. The third-order valence-electron chi connectivity index (χ3n) is 3.84. The molecular formula is C15H15I. The Morgan fingerprint density at radius 2 is 1.88 bits per heavy atom. The van der Waals surface area contributed by atoms with Crippen molar-refractivity contribution < 1.29 is 0 Å². The summed E-state index contributed by atoms with van der Waals surface area (Å²) in [5, 5.41) is 0. The van der Waals surface area contributed by atoms with Crippen molar-refractivity contribution in [3.63, 3.8) is 0 Å². The molecule has 82 valence electrons. The van der Waals surface area contributed by atoms with Gasteiger partial charge in [-0.1, -0.05) is 38.1 Å². The monoisotopic (exact) mass is 322 g/mol. The average Bonchev–Trinajstić information content (AvgIpc) is 2.49. The highest BCUT2D eigenvalue weighted by molar-refractivity contribution is 14.1. The molecule has 0 radical (unpaired) electrons. The van der Waals surface area contributed by atoms with E-state index in [1.165, 1.54) is 27.5 Å². The van der Waals surface area contributed by atoms with Crippen LogP contribution in [-0.2, 0) is 5.41 Å². The van der Waals surface area contributed by atoms with Gasteiger partial charge in [0.1, 0.15) is 0 Å². The fourth-order valence-electron chi connectivity index (χ4n) is 2.97. The van der Waals surface area contributed by atoms with Gasteiger partial charge in [0.25, 0.3) is 0 Å². The second-order valence-corrected chi connectivity index (χ2v) is 6.54. The summed E-state index contributed by atoms with van der Waals surface area (Å²) in [5.41, 5.74) is 6.32. The molecule has 0 saturated carbocycles. The van der Waals surface area contributed by atoms with Gasteiger partial charge in [-0.25, -0.2) is 0 Å². The van der Waals surface area contributed by atoms with Crippen molar-refractivity contribution in [1.29, 1.82) is 0 Å². The van der Waals surface area contributed by atoms with Crippen molar-refractivity contribution in [2.75, 3.05) is 0 Å². The molecule has 0 atom stereocenters. The number of rotatable bonds is 0. The molecule has 1 heteroatoms. The maximum Gasteiger partial charge on any atom is 0.0155 e. The number of fused-ring (bicyclic) bond motifs is 2. The first-order valence-corrected chi connectivity index (χ1v) is 6.88. The quantitative estimate of drug-likeness (QED) is 0.599. The zero-order valence-electron chi connectivity index (χ0n) is 9.68. The first-order valence-electron chi connectivity index (χ1n) is 5.80. The molecule has 3 rings (SSSR count). The molecule has 2 aliphatic carbocycles. The normalized spacial score (nSPS) is 21.6. The highest BCUT2D eigenvalue weighted by atomic mass is 127. The molecule has 1 aromatic rings. The minimum atomic E-state index is 0.197. The van der Waals surface area contributed by atoms with E-state index in [4.69, 9.17) is 0 Å². The van der Waals surface area contributed by atoms with Crippen molar-refractivity contribution >= 4 is 28.2 Å². The first-order chi connectivity index (χ1) is 7.60. The SMILES string of the molecule is CC1(C)C2=C(CCC(I)=C2)c2ccccc21. The van der Waals surface area contributed by atoms with Gasteiger partial charge in [0, 0.05) is 5.41 Å². The van der Waals surface area contributed by atoms with Crippen molar-refractivity contribution in [2.45, 2.75) is 32.1 Å². The number of halogens is 1. The molecule has 0 nitrogen and oxygen atoms in total. The molecule has 0 heterocycles. The van der Waals surface area contributed by atoms with Crippen LogP contribution >= 0.6 is 22.6 Å². The zero-order valence-corrected chi connectivity index (χ0v) is 11.8. The van der Waals surface area contributed by atoms with Crippen molar-refractivity contribution in [3.05, 3.63) is 50.6 Å². The fourth-order valence-corrected chi connectivity index (χ4v) is 3.55. The molecule has 0 aromatic heterocycles. The summed E-state index contributed by atoms with van der Waals surface area (Å²) < 4.78 is 1.50. The first kappa shape index (κ1) is 10.6. The highest BCUT2D eigenvalue weighted by Crippen LogP contribution is 2.51. The standard InChI is InChI=1S/C15H15I/c1-15(2)13-6-4-3-5-11(13)12-8-7-10(16)9-14(12)15/h3-6,9H,7-8H2,1-2H3. The Labute approximate surface area is 111 Å². The van der Waals surface area contributed by atoms with E-state index in [-0.39, 0.29) is 5.41 Å². The summed E-state index contributed by atoms with van der Waals surface area (Å²) in [6.07, 6.45) is 4.83. The van der Waals surface area contributed by atoms with Crippen LogP contribution in [0.25, 0.3) is 5.57 Å². The molecule has 0 amide bonds. The molecule has 0 bridgehead atoms. The van der Waals surface area contributed by atoms with E-state index in [0.717, 1.165) is 0 Å². The van der Waals surface area contributed by atoms with Crippen LogP contribution in [0.4, 0.5) is 0 Å². The van der Waals surface area contributed by atoms with Crippen molar-refractivity contribution in [2.24, 2.45) is 0 Å². The maximum absolute atomic E-state index is 2.48. The van der Waals surface area contributed by atoms with Crippen LogP contribution in [0, 0.1) is 0 Å². The largest absolute Gasteiger partial charge is 0.0619 e. The number of allylic oxidation sites excluding steroid dienone is 4. The zero-order chi connectivity index (χ0) is 11.3. The summed E-state index contributed by atoms with van der Waals surface area (Å²) in [4.78, 5) is 0. The molecule has 0 saturated heterocycles. The summed E-state index contributed by atoms with van der Waals surface area (Å²) in [6, 6.07) is 8.89. The molecule has 0 spiro atoms. The van der Waals surface area contributed by atoms with E-state index < -0.39 is 0 Å². The molecule has 16 heavy (non-hydrogen) atoms. The molecule has 0 unspecified atom stereocenters. The van der Waals surface area contributed by atoms with E-state index in [0.29, 0.717) is 0 Å². The van der Waals surface area contributed by atoms with Gasteiger partial charge in [0.05, 0.1) is 0 Å². The molecule has 0 aliphatic heterocycles. The van der Waals surface area contributed by atoms with Crippen LogP contribution in [0.15, 0.2) is 39.5 Å². The van der Waals surface area contributed by atoms with Crippen LogP contribution in [0.1, 0.15) is 37.8 Å². The van der Waals surface area contributed by atoms with Gasteiger partial charge < -0.3 is 0 Å². The molecule has 0 N–H and O–H groups in total. The lowest BCUT2D eigenvalue weighted by atomic mass is 9.80. The minimum Gasteiger partial charge on any atom is -0.0619 e. The lowest BCUT2D eigenvalue weighted by Gasteiger charge is -2.24. The van der Waals surface area contributed by atoms with E-state index in [1.807, 2.05) is 0 Å². The minimum absolute atomic E-state index is 0.197. The molecule has 1 aromatic carbocycles. The van der Waals surface area contributed by atoms with E-state index in [1.54, 1.807) is 11.1 Å². The Morgan fingerprint density at radius 3 is 2.69 bits per heavy atom. The smallest absolute Gasteiger partial charge is 0.0155 e. The second-order valence-electron chi connectivity index (χ2n) is 5.15. The Hall–Kier alpha value is -0.570. The topological polar surface area (TPSA) is 0 Å². The van der Waals surface area contributed by atoms with Gasteiger partial charge in [-0.2, -0.15) is 0 Å². The number of benzene rings is 1. The third-order valence-corrected chi connectivity index (χ3v) is 4.69. The van der Waals surface area contributed by atoms with Crippen LogP contribution < -0.4 is 0 Å². The number of hydrogen-bond donors (Lipinski definition) is 0. The molecular weight excluding hydrogens is 307 g/mol. The van der Waals surface area contributed by atoms with Gasteiger partial charge in [-0.15, -0.1) is 0 Å². The van der Waals surface area contributed by atoms with Crippen molar-refractivity contribution in [1.82, 2.24) is 0 Å². The maximum atomic E-state index is 2.48. The van der Waals surface area contributed by atoms with Crippen molar-refractivity contribution in [3.8, 4) is 0 Å². The predicted octanol–water partition coefficient (Wildman–Crippen LogP) is 4.84. The number of hydrogen-bond acceptors (Lipinski definition) is 0. The van der Waals surface area contributed by atoms with Gasteiger partial charge in [-0.3, -0.25) is 0 Å². The van der Waals surface area contributed by atoms with Gasteiger partial charge in [0.2, 0.25) is 0 Å². The molecule has 0 fully saturated rings. The fraction of sp³-hybridized carbons (Fsp3) is 0.333. The second kappa shape index (κ2) is 3.46. The van der Waals surface area contributed by atoms with E-state index >= 15 is 0 Å². The lowest BCUT2D eigenvalue weighted by molar-refractivity contribution is 0.651. The van der Waals surface area contributed by atoms with Crippen LogP contribution in [0.3, 0.4) is 0 Å². The van der Waals surface area contributed by atoms with Gasteiger partial charge in [-0.05, 0) is 67.4 Å². The Balaban J connectivity index is 2.27. The molecule has 2 aliphatic rings. The Kier molecular flexibility index (Phi) is 2.29. The predicted molar refractivity (Wildman–Crippen MR) is 77.7 cm³/mol. The lowest BCUT2D eigenvalue weighted by Crippen LogP contribution is -2.16. The van der Waals surface area contributed by atoms with Crippen LogP contribution in [0.5, 0.6) is 0 Å². The van der Waals surface area contributed by atoms with Crippen LogP contribution in [0.2, 0.25) is 0 Å². The van der Waals surface area contributed by atoms with Crippen LogP contribution in [-0.4, -0.2) is 0 Å². The van der Waals surface area contributed by atoms with Gasteiger partial charge in [0.15, 0.2) is 0 Å². The Morgan fingerprint density at radius 1 is 1.12 bits per heavy atom. The Bertz CT molecular complexity index is 518. The van der Waals surface area contributed by atoms with E-state index in [9.17, 15) is 0 Å². The summed E-state index contributed by atoms with van der Waals surface area (Å²) in [7, 11) is 0. The summed E-state index contributed by atoms with van der Waals surface area (Å²) in [5.74, 6) is 0. The average molecular weight is 322 g/mol. The highest BCUT2D eigenvalue weighted by Gasteiger charge is 2.37. The third kappa shape index (κ3) is 1.33. The van der Waals surface area contributed by atoms with Gasteiger partial charge >= 0.3 is 0 Å². The summed E-state index contributed by atoms with van der Waals surface area (Å²) >= 11 is 2.48.